The van der Waals surface area contributed by atoms with Gasteiger partial charge in [-0.05, 0) is 143 Å². The molecule has 0 fully saturated rings. The normalized spacial score (nSPS) is 12.4. The maximum absolute atomic E-state index is 7.15. The standard InChI is InChI=1S/C62H40N2O/c1-2-16-39(17-3-1)57-45-20-4-10-26-51(45)60(52-27-11-5-21-46(52)57)54-29-12-30-55-61-53(28-13-31-56(61)65-62(54)55)59-49-24-8-6-22-47(49)58(48-23-7-9-25-50(48)59)44-35-42(40-18-14-32-63-37-40)34-43(36-44)41-19-15-33-64-38-41/h1-10,12-26,28-38H,11,27H2. The van der Waals surface area contributed by atoms with Crippen molar-refractivity contribution in [2.75, 3.05) is 0 Å². The van der Waals surface area contributed by atoms with Gasteiger partial charge in [0.2, 0.25) is 0 Å². The van der Waals surface area contributed by atoms with E-state index in [1.807, 2.05) is 36.9 Å². The minimum absolute atomic E-state index is 0.881. The van der Waals surface area contributed by atoms with Crippen LogP contribution >= 0.6 is 0 Å². The average Bonchev–Trinajstić information content (AvgIpc) is 3.77. The smallest absolute Gasteiger partial charge is 0.143 e. The number of benzene rings is 9. The molecule has 3 heteroatoms. The molecule has 0 saturated heterocycles. The minimum atomic E-state index is 0.881. The zero-order valence-corrected chi connectivity index (χ0v) is 35.5. The minimum Gasteiger partial charge on any atom is -0.455 e. The van der Waals surface area contributed by atoms with Gasteiger partial charge in [-0.2, -0.15) is 0 Å². The summed E-state index contributed by atoms with van der Waals surface area (Å²) in [6.45, 7) is 0. The van der Waals surface area contributed by atoms with Gasteiger partial charge in [0.05, 0.1) is 0 Å². The Morgan fingerprint density at radius 1 is 0.385 bits per heavy atom. The van der Waals surface area contributed by atoms with Crippen molar-refractivity contribution < 1.29 is 4.42 Å². The number of hydrogen-bond donors (Lipinski definition) is 0. The Labute approximate surface area is 376 Å². The van der Waals surface area contributed by atoms with Crippen molar-refractivity contribution in [2.24, 2.45) is 0 Å². The average molecular weight is 829 g/mol. The highest BCUT2D eigenvalue weighted by Crippen LogP contribution is 2.51. The van der Waals surface area contributed by atoms with Crippen molar-refractivity contribution in [1.29, 1.82) is 0 Å². The SMILES string of the molecule is C1=Cc2c(c(-c3cccc4c3oc3cccc(-c5c6ccccc6c(-c6cc(-c7cccnc7)cc(-c7cccnc7)c6)c6ccccc56)c34)c3ccccc3c2-c2ccccc2)CC1. The third-order valence-corrected chi connectivity index (χ3v) is 13.5. The number of aromatic nitrogens is 2. The van der Waals surface area contributed by atoms with Crippen LogP contribution in [0.15, 0.2) is 217 Å². The number of nitrogens with zero attached hydrogens (tertiary/aromatic N) is 2. The van der Waals surface area contributed by atoms with E-state index in [2.05, 4.69) is 192 Å². The number of allylic oxidation sites excluding steroid dienone is 1. The number of furan rings is 1. The third-order valence-electron chi connectivity index (χ3n) is 13.5. The maximum atomic E-state index is 7.15. The van der Waals surface area contributed by atoms with Crippen molar-refractivity contribution >= 4 is 60.3 Å². The van der Waals surface area contributed by atoms with E-state index in [4.69, 9.17) is 4.42 Å². The molecule has 12 aromatic rings. The summed E-state index contributed by atoms with van der Waals surface area (Å²) in [5, 5.41) is 9.52. The lowest BCUT2D eigenvalue weighted by Gasteiger charge is -2.23. The summed E-state index contributed by atoms with van der Waals surface area (Å²) in [5.41, 5.74) is 18.5. The van der Waals surface area contributed by atoms with Gasteiger partial charge in [-0.1, -0.05) is 158 Å². The molecule has 304 valence electrons. The molecule has 0 unspecified atom stereocenters. The van der Waals surface area contributed by atoms with E-state index in [0.717, 1.165) is 73.7 Å². The van der Waals surface area contributed by atoms with Crippen LogP contribution in [0.25, 0.3) is 127 Å². The number of para-hydroxylation sites is 1. The first-order valence-electron chi connectivity index (χ1n) is 22.4. The highest BCUT2D eigenvalue weighted by molar-refractivity contribution is 6.27. The molecule has 9 aromatic carbocycles. The molecule has 0 amide bonds. The molecule has 0 radical (unpaired) electrons. The zero-order chi connectivity index (χ0) is 42.8. The molecule has 0 saturated carbocycles. The fourth-order valence-electron chi connectivity index (χ4n) is 10.8. The van der Waals surface area contributed by atoms with Crippen molar-refractivity contribution in [1.82, 2.24) is 9.97 Å². The molecule has 1 aliphatic rings. The quantitative estimate of drug-likeness (QED) is 0.157. The summed E-state index contributed by atoms with van der Waals surface area (Å²) in [6, 6.07) is 66.1. The molecule has 0 spiro atoms. The van der Waals surface area contributed by atoms with Crippen LogP contribution in [0, 0.1) is 0 Å². The first-order chi connectivity index (χ1) is 32.3. The first-order valence-corrected chi connectivity index (χ1v) is 22.4. The van der Waals surface area contributed by atoms with Gasteiger partial charge < -0.3 is 4.42 Å². The van der Waals surface area contributed by atoms with Crippen LogP contribution in [-0.4, -0.2) is 9.97 Å². The number of fused-ring (bicyclic) bond motifs is 7. The summed E-state index contributed by atoms with van der Waals surface area (Å²) in [5.74, 6) is 0. The highest BCUT2D eigenvalue weighted by Gasteiger charge is 2.26. The van der Waals surface area contributed by atoms with Gasteiger partial charge in [0.15, 0.2) is 0 Å². The van der Waals surface area contributed by atoms with Crippen molar-refractivity contribution in [3.63, 3.8) is 0 Å². The van der Waals surface area contributed by atoms with E-state index >= 15 is 0 Å². The molecular weight excluding hydrogens is 789 g/mol. The van der Waals surface area contributed by atoms with Gasteiger partial charge in [-0.15, -0.1) is 0 Å². The topological polar surface area (TPSA) is 38.9 Å². The van der Waals surface area contributed by atoms with Crippen LogP contribution in [0.3, 0.4) is 0 Å². The van der Waals surface area contributed by atoms with Gasteiger partial charge in [0, 0.05) is 52.3 Å². The van der Waals surface area contributed by atoms with Gasteiger partial charge in [0.25, 0.3) is 0 Å². The van der Waals surface area contributed by atoms with Gasteiger partial charge >= 0.3 is 0 Å². The van der Waals surface area contributed by atoms with Crippen molar-refractivity contribution in [3.8, 4) is 66.8 Å². The van der Waals surface area contributed by atoms with Gasteiger partial charge in [-0.25, -0.2) is 0 Å². The Morgan fingerprint density at radius 3 is 1.54 bits per heavy atom. The Kier molecular flexibility index (Phi) is 8.67. The second-order valence-corrected chi connectivity index (χ2v) is 17.1. The Bertz CT molecular complexity index is 3750. The monoisotopic (exact) mass is 828 g/mol. The van der Waals surface area contributed by atoms with E-state index in [0.29, 0.717) is 0 Å². The van der Waals surface area contributed by atoms with Crippen LogP contribution in [0.5, 0.6) is 0 Å². The second kappa shape index (κ2) is 15.1. The largest absolute Gasteiger partial charge is 0.455 e. The van der Waals surface area contributed by atoms with Crippen LogP contribution in [-0.2, 0) is 6.42 Å². The Hall–Kier alpha value is -8.40. The molecule has 0 N–H and O–H groups in total. The number of hydrogen-bond acceptors (Lipinski definition) is 3. The van der Waals surface area contributed by atoms with E-state index in [9.17, 15) is 0 Å². The van der Waals surface area contributed by atoms with Crippen LogP contribution < -0.4 is 0 Å². The van der Waals surface area contributed by atoms with Crippen LogP contribution in [0.2, 0.25) is 0 Å². The molecule has 65 heavy (non-hydrogen) atoms. The summed E-state index contributed by atoms with van der Waals surface area (Å²) in [4.78, 5) is 9.00. The van der Waals surface area contributed by atoms with E-state index in [1.165, 1.54) is 71.3 Å². The van der Waals surface area contributed by atoms with Crippen molar-refractivity contribution in [2.45, 2.75) is 12.8 Å². The lowest BCUT2D eigenvalue weighted by Crippen LogP contribution is -2.02. The Balaban J connectivity index is 1.07. The molecule has 3 aromatic heterocycles. The first kappa shape index (κ1) is 37.2. The molecular formula is C62H40N2O. The second-order valence-electron chi connectivity index (χ2n) is 17.1. The fourth-order valence-corrected chi connectivity index (χ4v) is 10.8. The lowest BCUT2D eigenvalue weighted by atomic mass is 9.80. The molecule has 0 aliphatic heterocycles. The van der Waals surface area contributed by atoms with Crippen LogP contribution in [0.4, 0.5) is 0 Å². The molecule has 13 rings (SSSR count). The Morgan fingerprint density at radius 2 is 0.908 bits per heavy atom. The lowest BCUT2D eigenvalue weighted by molar-refractivity contribution is 0.670. The predicted molar refractivity (Wildman–Crippen MR) is 272 cm³/mol. The zero-order valence-electron chi connectivity index (χ0n) is 35.5. The van der Waals surface area contributed by atoms with Gasteiger partial charge in [0.1, 0.15) is 11.2 Å². The summed E-state index contributed by atoms with van der Waals surface area (Å²) < 4.78 is 7.15. The fraction of sp³-hybridized carbons (Fsp3) is 0.0323. The van der Waals surface area contributed by atoms with Crippen molar-refractivity contribution in [3.05, 3.63) is 224 Å². The molecule has 0 bridgehead atoms. The third kappa shape index (κ3) is 5.97. The number of rotatable bonds is 6. The maximum Gasteiger partial charge on any atom is 0.143 e. The molecule has 3 heterocycles. The summed E-state index contributed by atoms with van der Waals surface area (Å²) >= 11 is 0. The summed E-state index contributed by atoms with van der Waals surface area (Å²) in [7, 11) is 0. The predicted octanol–water partition coefficient (Wildman–Crippen LogP) is 16.8. The molecule has 1 aliphatic carbocycles. The van der Waals surface area contributed by atoms with E-state index < -0.39 is 0 Å². The van der Waals surface area contributed by atoms with E-state index in [-0.39, 0.29) is 0 Å². The number of pyridine rings is 2. The highest BCUT2D eigenvalue weighted by atomic mass is 16.3. The summed E-state index contributed by atoms with van der Waals surface area (Å²) in [6.07, 6.45) is 14.2. The molecule has 0 atom stereocenters. The van der Waals surface area contributed by atoms with Crippen LogP contribution in [0.1, 0.15) is 17.5 Å². The van der Waals surface area contributed by atoms with Gasteiger partial charge in [-0.3, -0.25) is 9.97 Å². The van der Waals surface area contributed by atoms with E-state index in [1.54, 1.807) is 0 Å². The molecule has 3 nitrogen and oxygen atoms in total.